The van der Waals surface area contributed by atoms with Crippen LogP contribution in [0.5, 0.6) is 0 Å². The van der Waals surface area contributed by atoms with Crippen molar-refractivity contribution in [3.63, 3.8) is 0 Å². The third-order valence-electron chi connectivity index (χ3n) is 7.29. The molecular formula is C32H61NO6S. The van der Waals surface area contributed by atoms with Gasteiger partial charge in [0.1, 0.15) is 6.10 Å². The number of carbonyl (C=O) groups excluding carboxylic acids is 1. The number of rotatable bonds is 28. The van der Waals surface area contributed by atoms with Crippen molar-refractivity contribution in [1.82, 2.24) is 5.32 Å². The van der Waals surface area contributed by atoms with Gasteiger partial charge in [0.05, 0.1) is 17.9 Å². The molecule has 4 N–H and O–H groups in total. The first-order valence-electron chi connectivity index (χ1n) is 16.1. The Hall–Kier alpha value is -1.22. The highest BCUT2D eigenvalue weighted by Gasteiger charge is 2.28. The van der Waals surface area contributed by atoms with Gasteiger partial charge in [-0.05, 0) is 38.5 Å². The molecule has 0 aliphatic rings. The van der Waals surface area contributed by atoms with Gasteiger partial charge in [0.25, 0.3) is 10.1 Å². The fourth-order valence-electron chi connectivity index (χ4n) is 4.74. The number of aliphatic hydroxyl groups excluding tert-OH is 2. The summed E-state index contributed by atoms with van der Waals surface area (Å²) in [5, 5.41) is 23.1. The molecule has 0 fully saturated rings. The molecule has 1 amide bonds. The van der Waals surface area contributed by atoms with Crippen LogP contribution >= 0.6 is 0 Å². The number of nitrogens with one attached hydrogen (secondary N) is 1. The van der Waals surface area contributed by atoms with Gasteiger partial charge in [0.15, 0.2) is 0 Å². The number of hydrogen-bond donors (Lipinski definition) is 4. The van der Waals surface area contributed by atoms with Gasteiger partial charge in [-0.1, -0.05) is 134 Å². The molecule has 0 rings (SSSR count). The zero-order valence-corrected chi connectivity index (χ0v) is 26.4. The number of hydrogen-bond acceptors (Lipinski definition) is 5. The molecule has 0 radical (unpaired) electrons. The molecule has 0 spiro atoms. The van der Waals surface area contributed by atoms with E-state index in [9.17, 15) is 28.0 Å². The molecule has 0 saturated heterocycles. The van der Waals surface area contributed by atoms with Crippen LogP contribution in [0, 0.1) is 0 Å². The molecule has 3 atom stereocenters. The van der Waals surface area contributed by atoms with Crippen molar-refractivity contribution in [2.75, 3.05) is 5.75 Å². The predicted molar refractivity (Wildman–Crippen MR) is 167 cm³/mol. The average molecular weight is 588 g/mol. The van der Waals surface area contributed by atoms with E-state index in [1.807, 2.05) is 0 Å². The molecule has 3 unspecified atom stereocenters. The van der Waals surface area contributed by atoms with Crippen LogP contribution < -0.4 is 5.32 Å². The fourth-order valence-corrected chi connectivity index (χ4v) is 5.50. The summed E-state index contributed by atoms with van der Waals surface area (Å²) in [6.45, 7) is 4.33. The zero-order chi connectivity index (χ0) is 29.9. The fraction of sp³-hybridized carbons (Fsp3) is 0.844. The molecule has 0 aliphatic carbocycles. The van der Waals surface area contributed by atoms with Crippen molar-refractivity contribution in [1.29, 1.82) is 0 Å². The standard InChI is InChI=1S/C32H61NO6S/c1-3-5-7-9-10-11-12-13-14-15-16-17-18-19-20-21-23-25-27-31(35)32(36)33-29(28-40(37,38)39)30(34)26-24-22-8-6-4-2/h10-13,29-31,34-35H,3-9,14-28H2,1-2H3,(H,33,36)(H,37,38,39)/b11-10-,13-12-. The minimum atomic E-state index is -4.39. The van der Waals surface area contributed by atoms with E-state index < -0.39 is 40.0 Å². The summed E-state index contributed by atoms with van der Waals surface area (Å²) in [5.74, 6) is -1.47. The monoisotopic (exact) mass is 587 g/mol. The Morgan fingerprint density at radius 2 is 1.10 bits per heavy atom. The lowest BCUT2D eigenvalue weighted by atomic mass is 10.0. The van der Waals surface area contributed by atoms with Crippen LogP contribution in [0.4, 0.5) is 0 Å². The highest BCUT2D eigenvalue weighted by molar-refractivity contribution is 7.85. The number of aliphatic hydroxyl groups is 2. The van der Waals surface area contributed by atoms with Gasteiger partial charge in [0, 0.05) is 0 Å². The van der Waals surface area contributed by atoms with Crippen LogP contribution in [-0.2, 0) is 14.9 Å². The Balaban J connectivity index is 3.95. The van der Waals surface area contributed by atoms with Crippen molar-refractivity contribution in [3.05, 3.63) is 24.3 Å². The molecule has 0 aromatic carbocycles. The van der Waals surface area contributed by atoms with Gasteiger partial charge >= 0.3 is 0 Å². The summed E-state index contributed by atoms with van der Waals surface area (Å²) in [6.07, 6.45) is 28.2. The van der Waals surface area contributed by atoms with Crippen molar-refractivity contribution < 1.29 is 28.0 Å². The van der Waals surface area contributed by atoms with Crippen LogP contribution in [-0.4, -0.2) is 53.1 Å². The maximum absolute atomic E-state index is 12.4. The second-order valence-electron chi connectivity index (χ2n) is 11.3. The highest BCUT2D eigenvalue weighted by Crippen LogP contribution is 2.14. The van der Waals surface area contributed by atoms with Crippen LogP contribution in [0.15, 0.2) is 24.3 Å². The first-order chi connectivity index (χ1) is 19.2. The summed E-state index contributed by atoms with van der Waals surface area (Å²) in [5.41, 5.74) is 0. The number of allylic oxidation sites excluding steroid dienone is 4. The molecule has 40 heavy (non-hydrogen) atoms. The Bertz CT molecular complexity index is 753. The van der Waals surface area contributed by atoms with E-state index in [1.165, 1.54) is 57.8 Å². The second kappa shape index (κ2) is 26.7. The Kier molecular flexibility index (Phi) is 25.9. The zero-order valence-electron chi connectivity index (χ0n) is 25.6. The highest BCUT2D eigenvalue weighted by atomic mass is 32.2. The lowest BCUT2D eigenvalue weighted by molar-refractivity contribution is -0.131. The molecule has 0 bridgehead atoms. The summed E-state index contributed by atoms with van der Waals surface area (Å²) >= 11 is 0. The molecule has 0 aliphatic heterocycles. The van der Waals surface area contributed by atoms with Crippen LogP contribution in [0.1, 0.15) is 149 Å². The largest absolute Gasteiger partial charge is 0.391 e. The SMILES string of the molecule is CCCCC/C=C\C=C/CCCCCCCCCCCC(O)C(=O)NC(CS(=O)(=O)O)C(O)CCCCCCC. The summed E-state index contributed by atoms with van der Waals surface area (Å²) in [6, 6.07) is -1.14. The van der Waals surface area contributed by atoms with Crippen molar-refractivity contribution >= 4 is 16.0 Å². The second-order valence-corrected chi connectivity index (χ2v) is 12.8. The topological polar surface area (TPSA) is 124 Å². The first kappa shape index (κ1) is 38.8. The Labute approximate surface area is 246 Å². The van der Waals surface area contributed by atoms with Gasteiger partial charge in [-0.3, -0.25) is 9.35 Å². The van der Waals surface area contributed by atoms with E-state index in [0.717, 1.165) is 51.4 Å². The van der Waals surface area contributed by atoms with E-state index in [0.29, 0.717) is 25.7 Å². The third kappa shape index (κ3) is 25.7. The van der Waals surface area contributed by atoms with Crippen molar-refractivity contribution in [3.8, 4) is 0 Å². The van der Waals surface area contributed by atoms with Crippen LogP contribution in [0.3, 0.4) is 0 Å². The minimum Gasteiger partial charge on any atom is -0.391 e. The maximum atomic E-state index is 12.4. The Morgan fingerprint density at radius 1 is 0.675 bits per heavy atom. The molecule has 0 saturated carbocycles. The lowest BCUT2D eigenvalue weighted by Crippen LogP contribution is -2.50. The predicted octanol–water partition coefficient (Wildman–Crippen LogP) is 7.43. The Morgan fingerprint density at radius 3 is 1.62 bits per heavy atom. The lowest BCUT2D eigenvalue weighted by Gasteiger charge is -2.24. The third-order valence-corrected chi connectivity index (χ3v) is 8.07. The van der Waals surface area contributed by atoms with Crippen LogP contribution in [0.25, 0.3) is 0 Å². The van der Waals surface area contributed by atoms with Gasteiger partial charge < -0.3 is 15.5 Å². The van der Waals surface area contributed by atoms with E-state index in [2.05, 4.69) is 43.5 Å². The first-order valence-corrected chi connectivity index (χ1v) is 17.8. The van der Waals surface area contributed by atoms with Gasteiger partial charge in [-0.15, -0.1) is 0 Å². The molecule has 0 aromatic heterocycles. The van der Waals surface area contributed by atoms with E-state index in [-0.39, 0.29) is 0 Å². The van der Waals surface area contributed by atoms with Gasteiger partial charge in [-0.25, -0.2) is 0 Å². The van der Waals surface area contributed by atoms with Crippen molar-refractivity contribution in [2.24, 2.45) is 0 Å². The summed E-state index contributed by atoms with van der Waals surface area (Å²) in [7, 11) is -4.39. The molecular weight excluding hydrogens is 526 g/mol. The summed E-state index contributed by atoms with van der Waals surface area (Å²) < 4.78 is 32.0. The number of amides is 1. The van der Waals surface area contributed by atoms with E-state index in [4.69, 9.17) is 0 Å². The molecule has 8 heteroatoms. The van der Waals surface area contributed by atoms with E-state index in [1.54, 1.807) is 0 Å². The smallest absolute Gasteiger partial charge is 0.266 e. The normalized spacial score (nSPS) is 14.6. The average Bonchev–Trinajstić information content (AvgIpc) is 2.90. The van der Waals surface area contributed by atoms with Crippen molar-refractivity contribution in [2.45, 2.75) is 167 Å². The summed E-state index contributed by atoms with van der Waals surface area (Å²) in [4.78, 5) is 12.4. The molecule has 0 heterocycles. The van der Waals surface area contributed by atoms with Gasteiger partial charge in [-0.2, -0.15) is 8.42 Å². The molecule has 0 aromatic rings. The molecule has 7 nitrogen and oxygen atoms in total. The number of unbranched alkanes of at least 4 members (excludes halogenated alkanes) is 16. The van der Waals surface area contributed by atoms with E-state index >= 15 is 0 Å². The van der Waals surface area contributed by atoms with Crippen LogP contribution in [0.2, 0.25) is 0 Å². The quantitative estimate of drug-likeness (QED) is 0.0429. The maximum Gasteiger partial charge on any atom is 0.266 e. The molecule has 236 valence electrons. The minimum absolute atomic E-state index is 0.291. The number of carbonyl (C=O) groups is 1. The van der Waals surface area contributed by atoms with Gasteiger partial charge in [0.2, 0.25) is 5.91 Å².